The molecule has 2 rings (SSSR count). The zero-order valence-electron chi connectivity index (χ0n) is 9.73. The van der Waals surface area contributed by atoms with Crippen LogP contribution in [0.3, 0.4) is 0 Å². The number of benzene rings is 1. The van der Waals surface area contributed by atoms with Gasteiger partial charge in [-0.25, -0.2) is 4.39 Å². The molecular formula is C14H15FN2. The van der Waals surface area contributed by atoms with Crippen molar-refractivity contribution in [2.24, 2.45) is 0 Å². The van der Waals surface area contributed by atoms with Gasteiger partial charge in [0.1, 0.15) is 5.82 Å². The Labute approximate surface area is 101 Å². The van der Waals surface area contributed by atoms with E-state index in [1.807, 2.05) is 31.4 Å². The lowest BCUT2D eigenvalue weighted by Crippen LogP contribution is -2.19. The van der Waals surface area contributed by atoms with Gasteiger partial charge in [0.2, 0.25) is 0 Å². The Hall–Kier alpha value is -1.74. The van der Waals surface area contributed by atoms with Crippen molar-refractivity contribution in [2.45, 2.75) is 12.5 Å². The van der Waals surface area contributed by atoms with Crippen LogP contribution in [0, 0.1) is 5.82 Å². The molecule has 0 spiro atoms. The van der Waals surface area contributed by atoms with Gasteiger partial charge >= 0.3 is 0 Å². The van der Waals surface area contributed by atoms with Crippen LogP contribution in [0.15, 0.2) is 48.8 Å². The second-order valence-electron chi connectivity index (χ2n) is 3.96. The SMILES string of the molecule is CNC(Cc1cccnc1)c1cccc(F)c1. The van der Waals surface area contributed by atoms with Crippen molar-refractivity contribution in [3.05, 3.63) is 65.7 Å². The molecule has 0 saturated heterocycles. The predicted molar refractivity (Wildman–Crippen MR) is 66.1 cm³/mol. The summed E-state index contributed by atoms with van der Waals surface area (Å²) in [6, 6.07) is 10.7. The van der Waals surface area contributed by atoms with Crippen LogP contribution in [0.2, 0.25) is 0 Å². The number of nitrogens with one attached hydrogen (secondary N) is 1. The highest BCUT2D eigenvalue weighted by Gasteiger charge is 2.10. The quantitative estimate of drug-likeness (QED) is 0.873. The van der Waals surface area contributed by atoms with E-state index in [4.69, 9.17) is 0 Å². The molecule has 1 aromatic carbocycles. The average Bonchev–Trinajstić information content (AvgIpc) is 2.37. The standard InChI is InChI=1S/C14H15FN2/c1-16-14(8-11-4-3-7-17-10-11)12-5-2-6-13(15)9-12/h2-7,9-10,14,16H,8H2,1H3. The third kappa shape index (κ3) is 3.11. The van der Waals surface area contributed by atoms with Crippen molar-refractivity contribution >= 4 is 0 Å². The van der Waals surface area contributed by atoms with Crippen LogP contribution in [0.4, 0.5) is 4.39 Å². The lowest BCUT2D eigenvalue weighted by molar-refractivity contribution is 0.576. The zero-order chi connectivity index (χ0) is 12.1. The van der Waals surface area contributed by atoms with Gasteiger partial charge in [0.15, 0.2) is 0 Å². The summed E-state index contributed by atoms with van der Waals surface area (Å²) in [6.45, 7) is 0. The Balaban J connectivity index is 2.17. The lowest BCUT2D eigenvalue weighted by Gasteiger charge is -2.16. The fourth-order valence-corrected chi connectivity index (χ4v) is 1.86. The molecule has 1 unspecified atom stereocenters. The topological polar surface area (TPSA) is 24.9 Å². The van der Waals surface area contributed by atoms with E-state index < -0.39 is 0 Å². The summed E-state index contributed by atoms with van der Waals surface area (Å²) < 4.78 is 13.2. The summed E-state index contributed by atoms with van der Waals surface area (Å²) in [5, 5.41) is 3.20. The maximum atomic E-state index is 13.2. The van der Waals surface area contributed by atoms with Gasteiger partial charge in [-0.1, -0.05) is 18.2 Å². The molecule has 0 fully saturated rings. The second kappa shape index (κ2) is 5.55. The molecule has 2 nitrogen and oxygen atoms in total. The predicted octanol–water partition coefficient (Wildman–Crippen LogP) is 2.72. The molecule has 0 amide bonds. The van der Waals surface area contributed by atoms with Crippen LogP contribution < -0.4 is 5.32 Å². The van der Waals surface area contributed by atoms with E-state index in [2.05, 4.69) is 10.3 Å². The fourth-order valence-electron chi connectivity index (χ4n) is 1.86. The average molecular weight is 230 g/mol. The van der Waals surface area contributed by atoms with E-state index in [0.717, 1.165) is 17.5 Å². The first-order valence-corrected chi connectivity index (χ1v) is 5.61. The maximum Gasteiger partial charge on any atom is 0.123 e. The molecule has 1 atom stereocenters. The van der Waals surface area contributed by atoms with Gasteiger partial charge in [0.05, 0.1) is 0 Å². The fraction of sp³-hybridized carbons (Fsp3) is 0.214. The van der Waals surface area contributed by atoms with E-state index in [1.54, 1.807) is 18.3 Å². The highest BCUT2D eigenvalue weighted by Crippen LogP contribution is 2.18. The summed E-state index contributed by atoms with van der Waals surface area (Å²) in [4.78, 5) is 4.08. The molecular weight excluding hydrogens is 215 g/mol. The molecule has 2 aromatic rings. The van der Waals surface area contributed by atoms with Crippen LogP contribution >= 0.6 is 0 Å². The molecule has 1 heterocycles. The third-order valence-electron chi connectivity index (χ3n) is 2.76. The monoisotopic (exact) mass is 230 g/mol. The Bertz CT molecular complexity index is 471. The minimum atomic E-state index is -0.200. The minimum Gasteiger partial charge on any atom is -0.313 e. The number of likely N-dealkylation sites (N-methyl/N-ethyl adjacent to an activating group) is 1. The summed E-state index contributed by atoms with van der Waals surface area (Å²) in [5.41, 5.74) is 2.09. The van der Waals surface area contributed by atoms with E-state index in [0.29, 0.717) is 0 Å². The van der Waals surface area contributed by atoms with E-state index in [9.17, 15) is 4.39 Å². The Morgan fingerprint density at radius 3 is 2.82 bits per heavy atom. The number of pyridine rings is 1. The normalized spacial score (nSPS) is 12.4. The molecule has 0 radical (unpaired) electrons. The molecule has 0 aliphatic carbocycles. The first kappa shape index (κ1) is 11.7. The van der Waals surface area contributed by atoms with Crippen LogP contribution in [0.25, 0.3) is 0 Å². The van der Waals surface area contributed by atoms with Crippen LogP contribution in [-0.4, -0.2) is 12.0 Å². The van der Waals surface area contributed by atoms with Gasteiger partial charge < -0.3 is 5.32 Å². The third-order valence-corrected chi connectivity index (χ3v) is 2.76. The largest absolute Gasteiger partial charge is 0.313 e. The van der Waals surface area contributed by atoms with Crippen molar-refractivity contribution in [3.8, 4) is 0 Å². The second-order valence-corrected chi connectivity index (χ2v) is 3.96. The molecule has 1 N–H and O–H groups in total. The number of hydrogen-bond donors (Lipinski definition) is 1. The highest BCUT2D eigenvalue weighted by molar-refractivity contribution is 5.23. The van der Waals surface area contributed by atoms with Gasteiger partial charge in [-0.15, -0.1) is 0 Å². The van der Waals surface area contributed by atoms with Gasteiger partial charge in [-0.3, -0.25) is 4.98 Å². The Kier molecular flexibility index (Phi) is 3.83. The number of halogens is 1. The van der Waals surface area contributed by atoms with Crippen molar-refractivity contribution < 1.29 is 4.39 Å². The van der Waals surface area contributed by atoms with Gasteiger partial charge in [0, 0.05) is 18.4 Å². The van der Waals surface area contributed by atoms with Crippen molar-refractivity contribution in [1.29, 1.82) is 0 Å². The first-order valence-electron chi connectivity index (χ1n) is 5.61. The van der Waals surface area contributed by atoms with Crippen LogP contribution in [-0.2, 0) is 6.42 Å². The molecule has 0 aliphatic rings. The zero-order valence-corrected chi connectivity index (χ0v) is 9.73. The number of nitrogens with zero attached hydrogens (tertiary/aromatic N) is 1. The molecule has 0 saturated carbocycles. The van der Waals surface area contributed by atoms with Crippen molar-refractivity contribution in [1.82, 2.24) is 10.3 Å². The van der Waals surface area contributed by atoms with E-state index in [-0.39, 0.29) is 11.9 Å². The number of rotatable bonds is 4. The van der Waals surface area contributed by atoms with Gasteiger partial charge in [-0.05, 0) is 42.8 Å². The smallest absolute Gasteiger partial charge is 0.123 e. The molecule has 3 heteroatoms. The summed E-state index contributed by atoms with van der Waals surface area (Å²) >= 11 is 0. The van der Waals surface area contributed by atoms with Crippen LogP contribution in [0.1, 0.15) is 17.2 Å². The molecule has 17 heavy (non-hydrogen) atoms. The summed E-state index contributed by atoms with van der Waals surface area (Å²) in [7, 11) is 1.88. The summed E-state index contributed by atoms with van der Waals surface area (Å²) in [5.74, 6) is -0.200. The number of aromatic nitrogens is 1. The van der Waals surface area contributed by atoms with Crippen molar-refractivity contribution in [3.63, 3.8) is 0 Å². The first-order chi connectivity index (χ1) is 8.29. The molecule has 0 aliphatic heterocycles. The minimum absolute atomic E-state index is 0.106. The molecule has 88 valence electrons. The number of hydrogen-bond acceptors (Lipinski definition) is 2. The van der Waals surface area contributed by atoms with Crippen LogP contribution in [0.5, 0.6) is 0 Å². The van der Waals surface area contributed by atoms with Gasteiger partial charge in [-0.2, -0.15) is 0 Å². The summed E-state index contributed by atoms with van der Waals surface area (Å²) in [6.07, 6.45) is 4.39. The lowest BCUT2D eigenvalue weighted by atomic mass is 10.00. The van der Waals surface area contributed by atoms with Crippen molar-refractivity contribution in [2.75, 3.05) is 7.05 Å². The Morgan fingerprint density at radius 2 is 2.18 bits per heavy atom. The van der Waals surface area contributed by atoms with E-state index in [1.165, 1.54) is 6.07 Å². The highest BCUT2D eigenvalue weighted by atomic mass is 19.1. The van der Waals surface area contributed by atoms with E-state index >= 15 is 0 Å². The maximum absolute atomic E-state index is 13.2. The molecule has 0 bridgehead atoms. The van der Waals surface area contributed by atoms with Gasteiger partial charge in [0.25, 0.3) is 0 Å². The Morgan fingerprint density at radius 1 is 1.29 bits per heavy atom. The molecule has 1 aromatic heterocycles.